The van der Waals surface area contributed by atoms with E-state index in [2.05, 4.69) is 20.9 Å². The molecule has 0 saturated heterocycles. The molecule has 1 atom stereocenters. The molecule has 2 aromatic carbocycles. The second kappa shape index (κ2) is 8.82. The van der Waals surface area contributed by atoms with E-state index >= 15 is 0 Å². The van der Waals surface area contributed by atoms with Gasteiger partial charge in [0.2, 0.25) is 0 Å². The highest BCUT2D eigenvalue weighted by Gasteiger charge is 2.20. The topological polar surface area (TPSA) is 72.2 Å². The SMILES string of the molecule is C[C@H](Sc1nc2ccccc2c(=O)n1CCCO)C(=O)c1ccc(Br)cc1. The fourth-order valence-corrected chi connectivity index (χ4v) is 4.00. The van der Waals surface area contributed by atoms with Crippen molar-refractivity contribution in [1.82, 2.24) is 9.55 Å². The monoisotopic (exact) mass is 446 g/mol. The summed E-state index contributed by atoms with van der Waals surface area (Å²) in [6.45, 7) is 2.15. The molecule has 0 radical (unpaired) electrons. The van der Waals surface area contributed by atoms with Gasteiger partial charge in [0.25, 0.3) is 5.56 Å². The summed E-state index contributed by atoms with van der Waals surface area (Å²) in [5.74, 6) is -0.0244. The van der Waals surface area contributed by atoms with Crippen molar-refractivity contribution in [2.75, 3.05) is 6.61 Å². The van der Waals surface area contributed by atoms with Crippen LogP contribution in [0, 0.1) is 0 Å². The minimum absolute atomic E-state index is 0.0171. The highest BCUT2D eigenvalue weighted by molar-refractivity contribution is 9.10. The zero-order chi connectivity index (χ0) is 19.4. The van der Waals surface area contributed by atoms with Crippen LogP contribution in [0.3, 0.4) is 0 Å². The lowest BCUT2D eigenvalue weighted by Crippen LogP contribution is -2.25. The average molecular weight is 447 g/mol. The van der Waals surface area contributed by atoms with Crippen LogP contribution in [-0.2, 0) is 6.54 Å². The first-order chi connectivity index (χ1) is 13.0. The predicted octanol–water partition coefficient (Wildman–Crippen LogP) is 3.90. The van der Waals surface area contributed by atoms with E-state index in [1.807, 2.05) is 25.1 Å². The lowest BCUT2D eigenvalue weighted by molar-refractivity contribution is 0.0993. The second-order valence-electron chi connectivity index (χ2n) is 6.08. The van der Waals surface area contributed by atoms with Crippen LogP contribution in [0.1, 0.15) is 23.7 Å². The van der Waals surface area contributed by atoms with Crippen LogP contribution in [0.5, 0.6) is 0 Å². The number of aromatic nitrogens is 2. The van der Waals surface area contributed by atoms with E-state index in [0.717, 1.165) is 4.47 Å². The van der Waals surface area contributed by atoms with Crippen molar-refractivity contribution in [3.63, 3.8) is 0 Å². The van der Waals surface area contributed by atoms with Crippen LogP contribution in [0.4, 0.5) is 0 Å². The number of fused-ring (bicyclic) bond motifs is 1. The van der Waals surface area contributed by atoms with Gasteiger partial charge in [-0.3, -0.25) is 14.2 Å². The fourth-order valence-electron chi connectivity index (χ4n) is 2.72. The Morgan fingerprint density at radius 3 is 2.63 bits per heavy atom. The molecular weight excluding hydrogens is 428 g/mol. The van der Waals surface area contributed by atoms with Gasteiger partial charge < -0.3 is 5.11 Å². The molecule has 0 spiro atoms. The maximum absolute atomic E-state index is 12.9. The summed E-state index contributed by atoms with van der Waals surface area (Å²) in [5, 5.41) is 9.78. The van der Waals surface area contributed by atoms with Crippen LogP contribution in [0.15, 0.2) is 63.0 Å². The lowest BCUT2D eigenvalue weighted by atomic mass is 10.1. The molecule has 0 aliphatic heterocycles. The number of ketones is 1. The van der Waals surface area contributed by atoms with E-state index < -0.39 is 5.25 Å². The number of hydrogen-bond donors (Lipinski definition) is 1. The summed E-state index contributed by atoms with van der Waals surface area (Å²) in [6, 6.07) is 14.4. The molecule has 0 saturated carbocycles. The number of aliphatic hydroxyl groups is 1. The first-order valence-corrected chi connectivity index (χ1v) is 10.3. The Labute approximate surface area is 169 Å². The van der Waals surface area contributed by atoms with Gasteiger partial charge in [-0.1, -0.05) is 52.0 Å². The number of hydrogen-bond acceptors (Lipinski definition) is 5. The molecule has 0 unspecified atom stereocenters. The molecule has 0 aliphatic rings. The van der Waals surface area contributed by atoms with Gasteiger partial charge in [-0.25, -0.2) is 4.98 Å². The number of halogens is 1. The molecule has 140 valence electrons. The van der Waals surface area contributed by atoms with Crippen molar-refractivity contribution in [2.45, 2.75) is 30.3 Å². The second-order valence-corrected chi connectivity index (χ2v) is 8.30. The summed E-state index contributed by atoms with van der Waals surface area (Å²) in [4.78, 5) is 30.2. The molecule has 27 heavy (non-hydrogen) atoms. The van der Waals surface area contributed by atoms with Crippen molar-refractivity contribution in [3.05, 3.63) is 68.9 Å². The molecule has 3 aromatic rings. The van der Waals surface area contributed by atoms with E-state index in [0.29, 0.717) is 34.6 Å². The Kier molecular flexibility index (Phi) is 6.46. The van der Waals surface area contributed by atoms with Crippen molar-refractivity contribution in [2.24, 2.45) is 0 Å². The molecule has 1 N–H and O–H groups in total. The number of Topliss-reactive ketones (excluding diaryl/α,β-unsaturated/α-hetero) is 1. The predicted molar refractivity (Wildman–Crippen MR) is 111 cm³/mol. The van der Waals surface area contributed by atoms with Gasteiger partial charge in [-0.15, -0.1) is 0 Å². The van der Waals surface area contributed by atoms with Gasteiger partial charge in [0, 0.05) is 23.2 Å². The van der Waals surface area contributed by atoms with Gasteiger partial charge in [0.1, 0.15) is 0 Å². The molecule has 5 nitrogen and oxygen atoms in total. The zero-order valence-electron chi connectivity index (χ0n) is 14.8. The minimum Gasteiger partial charge on any atom is -0.396 e. The van der Waals surface area contributed by atoms with Crippen molar-refractivity contribution in [3.8, 4) is 0 Å². The Hall–Kier alpha value is -1.96. The number of benzene rings is 2. The first kappa shape index (κ1) is 19.8. The molecule has 1 aromatic heterocycles. The molecule has 0 aliphatic carbocycles. The van der Waals surface area contributed by atoms with Crippen molar-refractivity contribution < 1.29 is 9.90 Å². The van der Waals surface area contributed by atoms with E-state index in [9.17, 15) is 9.59 Å². The normalized spacial score (nSPS) is 12.3. The quantitative estimate of drug-likeness (QED) is 0.338. The van der Waals surface area contributed by atoms with Crippen molar-refractivity contribution in [1.29, 1.82) is 0 Å². The summed E-state index contributed by atoms with van der Waals surface area (Å²) < 4.78 is 2.46. The molecule has 1 heterocycles. The van der Waals surface area contributed by atoms with Crippen LogP contribution < -0.4 is 5.56 Å². The molecule has 0 fully saturated rings. The Morgan fingerprint density at radius 1 is 1.22 bits per heavy atom. The standard InChI is InChI=1S/C20H19BrN2O3S/c1-13(18(25)14-7-9-15(21)10-8-14)27-20-22-17-6-3-2-5-16(17)19(26)23(20)11-4-12-24/h2-3,5-10,13,24H,4,11-12H2,1H3/t13-/m0/s1. The highest BCUT2D eigenvalue weighted by atomic mass is 79.9. The maximum Gasteiger partial charge on any atom is 0.262 e. The number of carbonyl (C=O) groups excluding carboxylic acids is 1. The number of aliphatic hydroxyl groups excluding tert-OH is 1. The van der Waals surface area contributed by atoms with Crippen LogP contribution in [0.2, 0.25) is 0 Å². The summed E-state index contributed by atoms with van der Waals surface area (Å²) in [6.07, 6.45) is 0.447. The van der Waals surface area contributed by atoms with E-state index in [-0.39, 0.29) is 17.9 Å². The third-order valence-corrected chi connectivity index (χ3v) is 5.77. The van der Waals surface area contributed by atoms with Crippen LogP contribution in [0.25, 0.3) is 10.9 Å². The zero-order valence-corrected chi connectivity index (χ0v) is 17.2. The third-order valence-electron chi connectivity index (χ3n) is 4.15. The van der Waals surface area contributed by atoms with Crippen molar-refractivity contribution >= 4 is 44.4 Å². The summed E-state index contributed by atoms with van der Waals surface area (Å²) in [5.41, 5.74) is 1.07. The third kappa shape index (κ3) is 4.48. The average Bonchev–Trinajstić information content (AvgIpc) is 2.68. The molecular formula is C20H19BrN2O3S. The molecule has 0 amide bonds. The Bertz CT molecular complexity index is 1020. The minimum atomic E-state index is -0.403. The molecule has 0 bridgehead atoms. The number of nitrogens with zero attached hydrogens (tertiary/aromatic N) is 2. The van der Waals surface area contributed by atoms with E-state index in [1.54, 1.807) is 34.9 Å². The number of para-hydroxylation sites is 1. The van der Waals surface area contributed by atoms with Gasteiger partial charge >= 0.3 is 0 Å². The number of thioether (sulfide) groups is 1. The Morgan fingerprint density at radius 2 is 1.93 bits per heavy atom. The maximum atomic E-state index is 12.9. The van der Waals surface area contributed by atoms with Crippen LogP contribution in [-0.4, -0.2) is 32.3 Å². The molecule has 7 heteroatoms. The van der Waals surface area contributed by atoms with Crippen LogP contribution >= 0.6 is 27.7 Å². The molecule has 3 rings (SSSR count). The lowest BCUT2D eigenvalue weighted by Gasteiger charge is -2.15. The van der Waals surface area contributed by atoms with Gasteiger partial charge in [0.15, 0.2) is 10.9 Å². The largest absolute Gasteiger partial charge is 0.396 e. The highest BCUT2D eigenvalue weighted by Crippen LogP contribution is 2.25. The van der Waals surface area contributed by atoms with Gasteiger partial charge in [-0.2, -0.15) is 0 Å². The Balaban J connectivity index is 1.95. The van der Waals surface area contributed by atoms with E-state index in [4.69, 9.17) is 5.11 Å². The fraction of sp³-hybridized carbons (Fsp3) is 0.250. The van der Waals surface area contributed by atoms with E-state index in [1.165, 1.54) is 11.8 Å². The van der Waals surface area contributed by atoms with Gasteiger partial charge in [-0.05, 0) is 37.6 Å². The number of carbonyl (C=O) groups is 1. The first-order valence-electron chi connectivity index (χ1n) is 8.58. The smallest absolute Gasteiger partial charge is 0.262 e. The van der Waals surface area contributed by atoms with Gasteiger partial charge in [0.05, 0.1) is 16.2 Å². The summed E-state index contributed by atoms with van der Waals surface area (Å²) in [7, 11) is 0. The summed E-state index contributed by atoms with van der Waals surface area (Å²) >= 11 is 4.63. The number of rotatable bonds is 7.